The van der Waals surface area contributed by atoms with E-state index < -0.39 is 0 Å². The fourth-order valence-electron chi connectivity index (χ4n) is 3.47. The van der Waals surface area contributed by atoms with Gasteiger partial charge in [0.1, 0.15) is 0 Å². The molecule has 0 bridgehead atoms. The van der Waals surface area contributed by atoms with E-state index in [1.807, 2.05) is 30.6 Å². The Balaban J connectivity index is 0.00000261. The van der Waals surface area contributed by atoms with Gasteiger partial charge in [-0.3, -0.25) is 4.98 Å². The zero-order valence-corrected chi connectivity index (χ0v) is 19.5. The molecule has 134 valence electrons. The Morgan fingerprint density at radius 1 is 1.00 bits per heavy atom. The molecule has 0 N–H and O–H groups in total. The summed E-state index contributed by atoms with van der Waals surface area (Å²) < 4.78 is 0. The van der Waals surface area contributed by atoms with Gasteiger partial charge in [-0.15, -0.1) is 70.8 Å². The molecule has 0 saturated heterocycles. The SMILES string of the molecule is C[CH-]CC(C)c1[c-]c(-c2cnccc2-c2[c-]cccc2)ccc1C(C)C.[Y+3]. The van der Waals surface area contributed by atoms with E-state index in [1.54, 1.807) is 0 Å². The minimum absolute atomic E-state index is 0. The molecule has 0 aliphatic carbocycles. The standard InChI is InChI=1S/C25H26N.Y/c1-5-9-19(4)24-16-21(12-13-22(24)18(2)3)25-17-26-15-14-23(25)20-10-7-6-8-11-20;/h5-8,10,12-15,17-19H,9H2,1-4H3;/q-3;+3. The van der Waals surface area contributed by atoms with Crippen LogP contribution in [0.2, 0.25) is 0 Å². The average Bonchev–Trinajstić information content (AvgIpc) is 2.68. The van der Waals surface area contributed by atoms with Crippen LogP contribution in [0.3, 0.4) is 0 Å². The maximum Gasteiger partial charge on any atom is 3.00 e. The summed E-state index contributed by atoms with van der Waals surface area (Å²) in [6.45, 7) is 8.92. The quantitative estimate of drug-likeness (QED) is 0.390. The van der Waals surface area contributed by atoms with Crippen LogP contribution in [0.1, 0.15) is 57.1 Å². The Kier molecular flexibility index (Phi) is 8.38. The fourth-order valence-corrected chi connectivity index (χ4v) is 3.47. The topological polar surface area (TPSA) is 12.9 Å². The van der Waals surface area contributed by atoms with Crippen molar-refractivity contribution < 1.29 is 32.7 Å². The molecule has 3 rings (SSSR count). The molecule has 1 unspecified atom stereocenters. The van der Waals surface area contributed by atoms with Crippen LogP contribution in [-0.4, -0.2) is 4.98 Å². The van der Waals surface area contributed by atoms with Gasteiger partial charge in [0.2, 0.25) is 0 Å². The Labute approximate surface area is 189 Å². The number of nitrogens with zero attached hydrogens (tertiary/aromatic N) is 1. The smallest absolute Gasteiger partial charge is 0.331 e. The summed E-state index contributed by atoms with van der Waals surface area (Å²) in [5.41, 5.74) is 7.16. The van der Waals surface area contributed by atoms with E-state index in [0.717, 1.165) is 28.7 Å². The Morgan fingerprint density at radius 3 is 2.48 bits per heavy atom. The third kappa shape index (κ3) is 5.15. The van der Waals surface area contributed by atoms with Crippen LogP contribution in [0.4, 0.5) is 0 Å². The maximum absolute atomic E-state index is 4.38. The van der Waals surface area contributed by atoms with Crippen molar-refractivity contribution in [1.29, 1.82) is 0 Å². The van der Waals surface area contributed by atoms with E-state index in [1.165, 1.54) is 11.1 Å². The molecule has 27 heavy (non-hydrogen) atoms. The van der Waals surface area contributed by atoms with Crippen LogP contribution >= 0.6 is 0 Å². The molecule has 1 aromatic heterocycles. The normalized spacial score (nSPS) is 11.9. The van der Waals surface area contributed by atoms with Gasteiger partial charge in [-0.2, -0.15) is 24.5 Å². The average molecular weight is 429 g/mol. The van der Waals surface area contributed by atoms with Crippen LogP contribution in [0, 0.1) is 18.6 Å². The van der Waals surface area contributed by atoms with E-state index in [0.29, 0.717) is 11.8 Å². The van der Waals surface area contributed by atoms with Gasteiger partial charge in [-0.05, 0) is 6.20 Å². The van der Waals surface area contributed by atoms with E-state index in [-0.39, 0.29) is 32.7 Å². The molecule has 0 aliphatic rings. The Hall–Kier alpha value is -1.31. The predicted molar refractivity (Wildman–Crippen MR) is 110 cm³/mol. The molecular weight excluding hydrogens is 403 g/mol. The van der Waals surface area contributed by atoms with Gasteiger partial charge >= 0.3 is 32.7 Å². The van der Waals surface area contributed by atoms with Crippen molar-refractivity contribution in [3.63, 3.8) is 0 Å². The van der Waals surface area contributed by atoms with Crippen molar-refractivity contribution in [2.75, 3.05) is 0 Å². The number of hydrogen-bond acceptors (Lipinski definition) is 1. The van der Waals surface area contributed by atoms with Gasteiger partial charge in [0.15, 0.2) is 0 Å². The number of aromatic nitrogens is 1. The first-order valence-electron chi connectivity index (χ1n) is 9.37. The molecule has 0 saturated carbocycles. The molecule has 0 aliphatic heterocycles. The molecule has 2 aromatic carbocycles. The van der Waals surface area contributed by atoms with Crippen LogP contribution in [-0.2, 0) is 32.7 Å². The predicted octanol–water partition coefficient (Wildman–Crippen LogP) is 6.85. The summed E-state index contributed by atoms with van der Waals surface area (Å²) in [5.74, 6) is 0.950. The third-order valence-corrected chi connectivity index (χ3v) is 4.82. The van der Waals surface area contributed by atoms with Gasteiger partial charge < -0.3 is 6.42 Å². The van der Waals surface area contributed by atoms with Gasteiger partial charge in [0.25, 0.3) is 0 Å². The van der Waals surface area contributed by atoms with Crippen molar-refractivity contribution in [3.05, 3.63) is 84.5 Å². The second-order valence-corrected chi connectivity index (χ2v) is 7.14. The zero-order valence-electron chi connectivity index (χ0n) is 16.7. The minimum atomic E-state index is 0. The molecule has 0 fully saturated rings. The molecule has 1 nitrogen and oxygen atoms in total. The second-order valence-electron chi connectivity index (χ2n) is 7.14. The summed E-state index contributed by atoms with van der Waals surface area (Å²) >= 11 is 0. The number of benzene rings is 2. The monoisotopic (exact) mass is 429 g/mol. The molecule has 0 spiro atoms. The van der Waals surface area contributed by atoms with Crippen LogP contribution in [0.5, 0.6) is 0 Å². The van der Waals surface area contributed by atoms with Crippen molar-refractivity contribution in [3.8, 4) is 22.3 Å². The van der Waals surface area contributed by atoms with Crippen LogP contribution < -0.4 is 0 Å². The molecule has 2 heteroatoms. The van der Waals surface area contributed by atoms with Crippen molar-refractivity contribution >= 4 is 0 Å². The molecule has 0 radical (unpaired) electrons. The molecule has 0 amide bonds. The molecule has 1 atom stereocenters. The summed E-state index contributed by atoms with van der Waals surface area (Å²) in [6, 6.07) is 21.7. The first-order chi connectivity index (χ1) is 12.6. The van der Waals surface area contributed by atoms with E-state index in [4.69, 9.17) is 0 Å². The van der Waals surface area contributed by atoms with Crippen molar-refractivity contribution in [2.45, 2.75) is 46.0 Å². The van der Waals surface area contributed by atoms with Crippen molar-refractivity contribution in [1.82, 2.24) is 4.98 Å². The molecule has 1 heterocycles. The van der Waals surface area contributed by atoms with Gasteiger partial charge in [0, 0.05) is 6.20 Å². The summed E-state index contributed by atoms with van der Waals surface area (Å²) in [7, 11) is 0. The van der Waals surface area contributed by atoms with Crippen LogP contribution in [0.15, 0.2) is 54.9 Å². The van der Waals surface area contributed by atoms with E-state index >= 15 is 0 Å². The summed E-state index contributed by atoms with van der Waals surface area (Å²) in [6.07, 6.45) is 7.09. The fraction of sp³-hybridized carbons (Fsp3) is 0.280. The molecule has 3 aromatic rings. The van der Waals surface area contributed by atoms with Crippen LogP contribution in [0.25, 0.3) is 22.3 Å². The summed E-state index contributed by atoms with van der Waals surface area (Å²) in [5, 5.41) is 0. The number of rotatable bonds is 6. The molecular formula is C25H26NY. The largest absolute Gasteiger partial charge is 3.00 e. The van der Waals surface area contributed by atoms with E-state index in [9.17, 15) is 0 Å². The van der Waals surface area contributed by atoms with Gasteiger partial charge in [-0.1, -0.05) is 38.7 Å². The first kappa shape index (κ1) is 22.0. The maximum atomic E-state index is 4.38. The summed E-state index contributed by atoms with van der Waals surface area (Å²) in [4.78, 5) is 4.38. The number of hydrogen-bond donors (Lipinski definition) is 0. The van der Waals surface area contributed by atoms with Gasteiger partial charge in [0.05, 0.1) is 0 Å². The number of pyridine rings is 1. The van der Waals surface area contributed by atoms with E-state index in [2.05, 4.69) is 75.5 Å². The second kappa shape index (κ2) is 10.3. The Bertz CT molecular complexity index is 855. The van der Waals surface area contributed by atoms with Crippen molar-refractivity contribution in [2.24, 2.45) is 0 Å². The van der Waals surface area contributed by atoms with Gasteiger partial charge in [-0.25, -0.2) is 0 Å². The Morgan fingerprint density at radius 2 is 1.81 bits per heavy atom. The minimum Gasteiger partial charge on any atom is -0.331 e. The first-order valence-corrected chi connectivity index (χ1v) is 9.37. The zero-order chi connectivity index (χ0) is 18.5. The third-order valence-electron chi connectivity index (χ3n) is 4.82.